The predicted molar refractivity (Wildman–Crippen MR) is 133 cm³/mol. The third kappa shape index (κ3) is 5.41. The van der Waals surface area contributed by atoms with Crippen LogP contribution < -0.4 is 4.74 Å². The summed E-state index contributed by atoms with van der Waals surface area (Å²) >= 11 is 6.00. The van der Waals surface area contributed by atoms with Gasteiger partial charge < -0.3 is 14.0 Å². The average Bonchev–Trinajstić information content (AvgIpc) is 3.15. The zero-order valence-electron chi connectivity index (χ0n) is 18.9. The molecule has 1 aliphatic rings. The molecule has 174 valence electrons. The minimum absolute atomic E-state index is 0.0477. The van der Waals surface area contributed by atoms with E-state index in [4.69, 9.17) is 16.3 Å². The SMILES string of the molecule is O=C(c1cccc(OCc2cn3ccccc3n2)c1)N1CCCN(Cc2ccc(Cl)cc2)CC1. The lowest BCUT2D eigenvalue weighted by molar-refractivity contribution is 0.0760. The van der Waals surface area contributed by atoms with Crippen LogP contribution in [0.2, 0.25) is 5.02 Å². The molecule has 0 radical (unpaired) electrons. The summed E-state index contributed by atoms with van der Waals surface area (Å²) in [6.45, 7) is 4.49. The Morgan fingerprint density at radius 3 is 2.71 bits per heavy atom. The van der Waals surface area contributed by atoms with Crippen molar-refractivity contribution in [1.29, 1.82) is 0 Å². The highest BCUT2D eigenvalue weighted by atomic mass is 35.5. The molecule has 1 saturated heterocycles. The molecular formula is C27H27ClN4O2. The number of imidazole rings is 1. The topological polar surface area (TPSA) is 50.1 Å². The van der Waals surface area contributed by atoms with Gasteiger partial charge in [-0.05, 0) is 54.4 Å². The number of ether oxygens (including phenoxy) is 1. The first-order valence-corrected chi connectivity index (χ1v) is 11.9. The van der Waals surface area contributed by atoms with E-state index in [1.165, 1.54) is 5.56 Å². The molecule has 0 saturated carbocycles. The summed E-state index contributed by atoms with van der Waals surface area (Å²) in [6.07, 6.45) is 4.86. The Kier molecular flexibility index (Phi) is 6.79. The van der Waals surface area contributed by atoms with Gasteiger partial charge in [0.2, 0.25) is 0 Å². The summed E-state index contributed by atoms with van der Waals surface area (Å²) in [6, 6.07) is 21.3. The van der Waals surface area contributed by atoms with Crippen LogP contribution in [0.15, 0.2) is 79.1 Å². The van der Waals surface area contributed by atoms with Gasteiger partial charge >= 0.3 is 0 Å². The molecule has 0 N–H and O–H groups in total. The number of carbonyl (C=O) groups excluding carboxylic acids is 1. The number of fused-ring (bicyclic) bond motifs is 1. The molecule has 7 heteroatoms. The van der Waals surface area contributed by atoms with Gasteiger partial charge in [-0.1, -0.05) is 35.9 Å². The van der Waals surface area contributed by atoms with Crippen molar-refractivity contribution in [1.82, 2.24) is 19.2 Å². The van der Waals surface area contributed by atoms with Gasteiger partial charge in [0.15, 0.2) is 0 Å². The molecule has 2 aromatic heterocycles. The second-order valence-corrected chi connectivity index (χ2v) is 9.00. The summed E-state index contributed by atoms with van der Waals surface area (Å²) in [4.78, 5) is 22.1. The Bertz CT molecular complexity index is 1240. The molecular weight excluding hydrogens is 448 g/mol. The standard InChI is InChI=1S/C27H27ClN4O2/c28-23-10-8-21(9-11-23)18-30-12-4-14-31(16-15-30)27(33)22-5-3-6-25(17-22)34-20-24-19-32-13-2-1-7-26(32)29-24/h1-3,5-11,13,17,19H,4,12,14-16,18,20H2. The molecule has 0 aliphatic carbocycles. The van der Waals surface area contributed by atoms with Crippen molar-refractivity contribution in [2.45, 2.75) is 19.6 Å². The molecule has 5 rings (SSSR count). The van der Waals surface area contributed by atoms with Crippen LogP contribution in [0.3, 0.4) is 0 Å². The van der Waals surface area contributed by atoms with Gasteiger partial charge in [-0.2, -0.15) is 0 Å². The van der Waals surface area contributed by atoms with E-state index in [-0.39, 0.29) is 5.91 Å². The van der Waals surface area contributed by atoms with E-state index in [0.29, 0.717) is 24.5 Å². The fourth-order valence-corrected chi connectivity index (χ4v) is 4.42. The number of hydrogen-bond acceptors (Lipinski definition) is 4. The van der Waals surface area contributed by atoms with Crippen molar-refractivity contribution in [3.63, 3.8) is 0 Å². The molecule has 2 aromatic carbocycles. The predicted octanol–water partition coefficient (Wildman–Crippen LogP) is 4.91. The van der Waals surface area contributed by atoms with Crippen LogP contribution in [0.4, 0.5) is 0 Å². The second kappa shape index (κ2) is 10.3. The lowest BCUT2D eigenvalue weighted by Gasteiger charge is -2.22. The fourth-order valence-electron chi connectivity index (χ4n) is 4.30. The maximum absolute atomic E-state index is 13.2. The third-order valence-corrected chi connectivity index (χ3v) is 6.33. The minimum Gasteiger partial charge on any atom is -0.487 e. The quantitative estimate of drug-likeness (QED) is 0.398. The van der Waals surface area contributed by atoms with Gasteiger partial charge in [0.05, 0.1) is 5.69 Å². The van der Waals surface area contributed by atoms with Crippen LogP contribution in [0.5, 0.6) is 5.75 Å². The normalized spacial score (nSPS) is 14.8. The Balaban J connectivity index is 1.18. The maximum atomic E-state index is 13.2. The number of amides is 1. The highest BCUT2D eigenvalue weighted by Crippen LogP contribution is 2.19. The molecule has 1 fully saturated rings. The minimum atomic E-state index is 0.0477. The largest absolute Gasteiger partial charge is 0.487 e. The zero-order valence-corrected chi connectivity index (χ0v) is 19.7. The number of halogens is 1. The lowest BCUT2D eigenvalue weighted by atomic mass is 10.2. The average molecular weight is 475 g/mol. The monoisotopic (exact) mass is 474 g/mol. The van der Waals surface area contributed by atoms with Crippen LogP contribution in [0, 0.1) is 0 Å². The smallest absolute Gasteiger partial charge is 0.254 e. The van der Waals surface area contributed by atoms with E-state index in [9.17, 15) is 4.79 Å². The summed E-state index contributed by atoms with van der Waals surface area (Å²) < 4.78 is 7.92. The molecule has 3 heterocycles. The molecule has 0 spiro atoms. The lowest BCUT2D eigenvalue weighted by Crippen LogP contribution is -2.35. The summed E-state index contributed by atoms with van der Waals surface area (Å²) in [5.74, 6) is 0.716. The summed E-state index contributed by atoms with van der Waals surface area (Å²) in [5, 5.41) is 0.751. The van der Waals surface area contributed by atoms with Crippen molar-refractivity contribution < 1.29 is 9.53 Å². The third-order valence-electron chi connectivity index (χ3n) is 6.08. The Hall–Kier alpha value is -3.35. The second-order valence-electron chi connectivity index (χ2n) is 8.56. The number of rotatable bonds is 6. The number of pyridine rings is 1. The van der Waals surface area contributed by atoms with E-state index in [2.05, 4.69) is 22.0 Å². The van der Waals surface area contributed by atoms with Crippen LogP contribution in [0.25, 0.3) is 5.65 Å². The van der Waals surface area contributed by atoms with Gasteiger partial charge in [0.1, 0.15) is 18.0 Å². The first-order chi connectivity index (χ1) is 16.6. The van der Waals surface area contributed by atoms with Gasteiger partial charge in [0, 0.05) is 55.7 Å². The van der Waals surface area contributed by atoms with Gasteiger partial charge in [-0.25, -0.2) is 4.98 Å². The molecule has 4 aromatic rings. The highest BCUT2D eigenvalue weighted by Gasteiger charge is 2.21. The van der Waals surface area contributed by atoms with E-state index >= 15 is 0 Å². The number of hydrogen-bond donors (Lipinski definition) is 0. The van der Waals surface area contributed by atoms with Crippen molar-refractivity contribution in [3.05, 3.63) is 101 Å². The Morgan fingerprint density at radius 2 is 1.85 bits per heavy atom. The van der Waals surface area contributed by atoms with Crippen LogP contribution in [-0.4, -0.2) is 51.3 Å². The number of benzene rings is 2. The zero-order chi connectivity index (χ0) is 23.3. The fraction of sp³-hybridized carbons (Fsp3) is 0.259. The van der Waals surface area contributed by atoms with E-state index in [0.717, 1.165) is 49.0 Å². The first kappa shape index (κ1) is 22.4. The molecule has 6 nitrogen and oxygen atoms in total. The number of aromatic nitrogens is 2. The molecule has 0 bridgehead atoms. The summed E-state index contributed by atoms with van der Waals surface area (Å²) in [5.41, 5.74) is 3.62. The molecule has 34 heavy (non-hydrogen) atoms. The Labute approximate surface area is 204 Å². The molecule has 0 atom stereocenters. The van der Waals surface area contributed by atoms with E-state index in [1.54, 1.807) is 0 Å². The van der Waals surface area contributed by atoms with Crippen LogP contribution in [-0.2, 0) is 13.2 Å². The van der Waals surface area contributed by atoms with Crippen molar-refractivity contribution in [3.8, 4) is 5.75 Å². The van der Waals surface area contributed by atoms with Crippen LogP contribution in [0.1, 0.15) is 28.0 Å². The van der Waals surface area contributed by atoms with Crippen LogP contribution >= 0.6 is 11.6 Å². The number of nitrogens with zero attached hydrogens (tertiary/aromatic N) is 4. The van der Waals surface area contributed by atoms with Gasteiger partial charge in [0.25, 0.3) is 5.91 Å². The first-order valence-electron chi connectivity index (χ1n) is 11.6. The summed E-state index contributed by atoms with van der Waals surface area (Å²) in [7, 11) is 0. The van der Waals surface area contributed by atoms with Crippen molar-refractivity contribution in [2.24, 2.45) is 0 Å². The van der Waals surface area contributed by atoms with Gasteiger partial charge in [-0.15, -0.1) is 0 Å². The van der Waals surface area contributed by atoms with E-state index in [1.807, 2.05) is 76.3 Å². The maximum Gasteiger partial charge on any atom is 0.254 e. The van der Waals surface area contributed by atoms with Crippen molar-refractivity contribution in [2.75, 3.05) is 26.2 Å². The van der Waals surface area contributed by atoms with Crippen molar-refractivity contribution >= 4 is 23.2 Å². The van der Waals surface area contributed by atoms with E-state index < -0.39 is 0 Å². The highest BCUT2D eigenvalue weighted by molar-refractivity contribution is 6.30. The molecule has 1 amide bonds. The van der Waals surface area contributed by atoms with Gasteiger partial charge in [-0.3, -0.25) is 9.69 Å². The number of carbonyl (C=O) groups is 1. The molecule has 0 unspecified atom stereocenters. The Morgan fingerprint density at radius 1 is 0.971 bits per heavy atom. The molecule has 1 aliphatic heterocycles.